The van der Waals surface area contributed by atoms with Crippen molar-refractivity contribution in [3.63, 3.8) is 0 Å². The molecule has 2 aromatic rings. The highest BCUT2D eigenvalue weighted by Gasteiger charge is 2.26. The minimum atomic E-state index is -0.641. The summed E-state index contributed by atoms with van der Waals surface area (Å²) in [6, 6.07) is 5.06. The molecule has 2 rings (SSSR count). The molecule has 1 heterocycles. The monoisotopic (exact) mass is 433 g/mol. The summed E-state index contributed by atoms with van der Waals surface area (Å²) in [6.07, 6.45) is 1.75. The number of ether oxygens (including phenoxy) is 1. The van der Waals surface area contributed by atoms with E-state index in [1.165, 1.54) is 24.3 Å². The molecule has 0 bridgehead atoms. The number of nitro groups is 1. The zero-order valence-corrected chi connectivity index (χ0v) is 17.8. The molecule has 9 nitrogen and oxygen atoms in total. The number of unbranched alkanes of at least 4 members (excludes halogenated alkanes) is 1. The molecular weight excluding hydrogens is 410 g/mol. The topological polar surface area (TPSA) is 128 Å². The van der Waals surface area contributed by atoms with Gasteiger partial charge in [-0.3, -0.25) is 19.7 Å². The first-order valence-corrected chi connectivity index (χ1v) is 10.3. The van der Waals surface area contributed by atoms with Gasteiger partial charge in [-0.2, -0.15) is 0 Å². The van der Waals surface area contributed by atoms with Gasteiger partial charge in [-0.1, -0.05) is 13.3 Å². The Morgan fingerprint density at radius 2 is 1.80 bits per heavy atom. The van der Waals surface area contributed by atoms with Crippen molar-refractivity contribution in [2.45, 2.75) is 33.6 Å². The number of rotatable bonds is 9. The van der Waals surface area contributed by atoms with Crippen molar-refractivity contribution in [1.29, 1.82) is 0 Å². The number of carbonyl (C=O) groups is 3. The Morgan fingerprint density at radius 3 is 2.37 bits per heavy atom. The second-order valence-electron chi connectivity index (χ2n) is 6.35. The third-order valence-corrected chi connectivity index (χ3v) is 5.42. The van der Waals surface area contributed by atoms with E-state index in [0.717, 1.165) is 24.2 Å². The van der Waals surface area contributed by atoms with Gasteiger partial charge in [0.05, 0.1) is 22.0 Å². The number of hydrogen-bond donors (Lipinski definition) is 2. The molecule has 10 heteroatoms. The Kier molecular flexibility index (Phi) is 8.05. The van der Waals surface area contributed by atoms with Crippen LogP contribution in [-0.4, -0.2) is 35.9 Å². The lowest BCUT2D eigenvalue weighted by atomic mass is 10.1. The number of amides is 2. The first-order chi connectivity index (χ1) is 14.3. The lowest BCUT2D eigenvalue weighted by molar-refractivity contribution is -0.384. The van der Waals surface area contributed by atoms with Gasteiger partial charge in [0.25, 0.3) is 17.5 Å². The molecule has 0 spiro atoms. The number of esters is 1. The van der Waals surface area contributed by atoms with Crippen LogP contribution < -0.4 is 10.6 Å². The molecule has 0 aliphatic carbocycles. The van der Waals surface area contributed by atoms with Gasteiger partial charge in [0.15, 0.2) is 0 Å². The average Bonchev–Trinajstić information content (AvgIpc) is 3.04. The van der Waals surface area contributed by atoms with Gasteiger partial charge in [0.2, 0.25) is 0 Å². The van der Waals surface area contributed by atoms with E-state index >= 15 is 0 Å². The molecule has 0 aliphatic rings. The molecule has 0 fully saturated rings. The number of hydrogen-bond acceptors (Lipinski definition) is 7. The second kappa shape index (κ2) is 10.5. The van der Waals surface area contributed by atoms with E-state index in [1.807, 2.05) is 6.92 Å². The minimum Gasteiger partial charge on any atom is -0.462 e. The second-order valence-corrected chi connectivity index (χ2v) is 7.37. The van der Waals surface area contributed by atoms with Crippen LogP contribution in [0.3, 0.4) is 0 Å². The number of benzene rings is 1. The van der Waals surface area contributed by atoms with E-state index in [0.29, 0.717) is 17.0 Å². The van der Waals surface area contributed by atoms with Gasteiger partial charge in [0, 0.05) is 24.2 Å². The van der Waals surface area contributed by atoms with Gasteiger partial charge < -0.3 is 15.4 Å². The van der Waals surface area contributed by atoms with E-state index < -0.39 is 16.8 Å². The summed E-state index contributed by atoms with van der Waals surface area (Å²) in [5.74, 6) is -1.53. The van der Waals surface area contributed by atoms with Crippen molar-refractivity contribution in [2.24, 2.45) is 0 Å². The van der Waals surface area contributed by atoms with Crippen LogP contribution in [0.5, 0.6) is 0 Å². The minimum absolute atomic E-state index is 0.123. The van der Waals surface area contributed by atoms with Crippen molar-refractivity contribution < 1.29 is 24.0 Å². The standard InChI is InChI=1S/C20H23N3O6S/c1-4-6-11-21-18(25)16-12(3)15(20(26)29-5-2)19(30-16)22-17(24)13-7-9-14(10-8-13)23(27)28/h7-10H,4-6,11H2,1-3H3,(H,21,25)(H,22,24). The van der Waals surface area contributed by atoms with Crippen LogP contribution in [0, 0.1) is 17.0 Å². The van der Waals surface area contributed by atoms with Crippen LogP contribution >= 0.6 is 11.3 Å². The normalized spacial score (nSPS) is 10.4. The highest BCUT2D eigenvalue weighted by Crippen LogP contribution is 2.34. The number of nitro benzene ring substituents is 1. The third-order valence-electron chi connectivity index (χ3n) is 4.22. The van der Waals surface area contributed by atoms with Crippen LogP contribution in [-0.2, 0) is 4.74 Å². The highest BCUT2D eigenvalue weighted by molar-refractivity contribution is 7.18. The maximum atomic E-state index is 12.6. The van der Waals surface area contributed by atoms with Crippen LogP contribution in [0.15, 0.2) is 24.3 Å². The Bertz CT molecular complexity index is 952. The Balaban J connectivity index is 2.33. The third kappa shape index (κ3) is 5.41. The molecular formula is C20H23N3O6S. The SMILES string of the molecule is CCCCNC(=O)c1sc(NC(=O)c2ccc([N+](=O)[O-])cc2)c(C(=O)OCC)c1C. The molecule has 0 atom stereocenters. The first-order valence-electron chi connectivity index (χ1n) is 9.44. The number of non-ortho nitro benzene ring substituents is 1. The molecule has 1 aromatic carbocycles. The van der Waals surface area contributed by atoms with Gasteiger partial charge in [-0.05, 0) is 38.0 Å². The molecule has 2 N–H and O–H groups in total. The molecule has 0 saturated carbocycles. The number of nitrogens with one attached hydrogen (secondary N) is 2. The summed E-state index contributed by atoms with van der Waals surface area (Å²) < 4.78 is 5.08. The van der Waals surface area contributed by atoms with Crippen LogP contribution in [0.4, 0.5) is 10.7 Å². The lowest BCUT2D eigenvalue weighted by Gasteiger charge is -2.07. The lowest BCUT2D eigenvalue weighted by Crippen LogP contribution is -2.24. The number of carbonyl (C=O) groups excluding carboxylic acids is 3. The maximum Gasteiger partial charge on any atom is 0.341 e. The molecule has 1 aromatic heterocycles. The quantitative estimate of drug-likeness (QED) is 0.267. The largest absolute Gasteiger partial charge is 0.462 e. The van der Waals surface area contributed by atoms with Gasteiger partial charge in [0.1, 0.15) is 5.00 Å². The van der Waals surface area contributed by atoms with Crippen LogP contribution in [0.2, 0.25) is 0 Å². The smallest absolute Gasteiger partial charge is 0.341 e. The summed E-state index contributed by atoms with van der Waals surface area (Å²) in [4.78, 5) is 48.1. The van der Waals surface area contributed by atoms with E-state index in [1.54, 1.807) is 13.8 Å². The predicted molar refractivity (Wildman–Crippen MR) is 113 cm³/mol. The number of anilines is 1. The number of nitrogens with zero attached hydrogens (tertiary/aromatic N) is 1. The van der Waals surface area contributed by atoms with Crippen molar-refractivity contribution >= 4 is 39.8 Å². The summed E-state index contributed by atoms with van der Waals surface area (Å²) in [5.41, 5.74) is 0.580. The van der Waals surface area contributed by atoms with Gasteiger partial charge in [-0.15, -0.1) is 11.3 Å². The summed E-state index contributed by atoms with van der Waals surface area (Å²) in [5, 5.41) is 16.4. The first kappa shape index (κ1) is 23.0. The fourth-order valence-electron chi connectivity index (χ4n) is 2.64. The summed E-state index contributed by atoms with van der Waals surface area (Å²) in [7, 11) is 0. The van der Waals surface area contributed by atoms with Gasteiger partial charge in [-0.25, -0.2) is 4.79 Å². The van der Waals surface area contributed by atoms with Crippen LogP contribution in [0.25, 0.3) is 0 Å². The fraction of sp³-hybridized carbons (Fsp3) is 0.350. The Hall–Kier alpha value is -3.27. The fourth-order valence-corrected chi connectivity index (χ4v) is 3.74. The Morgan fingerprint density at radius 1 is 1.13 bits per heavy atom. The molecule has 0 unspecified atom stereocenters. The van der Waals surface area contributed by atoms with E-state index in [2.05, 4.69) is 10.6 Å². The molecule has 0 saturated heterocycles. The number of thiophene rings is 1. The molecule has 0 radical (unpaired) electrons. The predicted octanol–water partition coefficient (Wildman–Crippen LogP) is 3.92. The summed E-state index contributed by atoms with van der Waals surface area (Å²) >= 11 is 0.984. The zero-order valence-electron chi connectivity index (χ0n) is 16.9. The van der Waals surface area contributed by atoms with Crippen molar-refractivity contribution in [1.82, 2.24) is 5.32 Å². The molecule has 160 valence electrons. The Labute approximate surface area is 177 Å². The van der Waals surface area contributed by atoms with Crippen molar-refractivity contribution in [2.75, 3.05) is 18.5 Å². The van der Waals surface area contributed by atoms with Crippen LogP contribution in [0.1, 0.15) is 62.6 Å². The maximum absolute atomic E-state index is 12.6. The average molecular weight is 433 g/mol. The summed E-state index contributed by atoms with van der Waals surface area (Å²) in [6.45, 7) is 5.94. The van der Waals surface area contributed by atoms with Gasteiger partial charge >= 0.3 is 5.97 Å². The molecule has 0 aliphatic heterocycles. The van der Waals surface area contributed by atoms with E-state index in [4.69, 9.17) is 4.74 Å². The van der Waals surface area contributed by atoms with Crippen molar-refractivity contribution in [3.05, 3.63) is 55.9 Å². The molecule has 30 heavy (non-hydrogen) atoms. The van der Waals surface area contributed by atoms with E-state index in [-0.39, 0.29) is 34.3 Å². The highest BCUT2D eigenvalue weighted by atomic mass is 32.1. The zero-order chi connectivity index (χ0) is 22.3. The van der Waals surface area contributed by atoms with Crippen molar-refractivity contribution in [3.8, 4) is 0 Å². The van der Waals surface area contributed by atoms with E-state index in [9.17, 15) is 24.5 Å². The molecule has 2 amide bonds.